The van der Waals surface area contributed by atoms with Gasteiger partial charge in [0.2, 0.25) is 10.0 Å². The zero-order valence-corrected chi connectivity index (χ0v) is 12.2. The number of para-hydroxylation sites is 1. The maximum atomic E-state index is 13.7. The van der Waals surface area contributed by atoms with Crippen LogP contribution in [0.25, 0.3) is 0 Å². The molecule has 112 valence electrons. The summed E-state index contributed by atoms with van der Waals surface area (Å²) in [5.74, 6) is 4.85. The molecule has 0 heterocycles. The van der Waals surface area contributed by atoms with E-state index < -0.39 is 21.9 Å². The number of halogens is 1. The second-order valence-electron chi connectivity index (χ2n) is 4.50. The van der Waals surface area contributed by atoms with Gasteiger partial charge >= 0.3 is 0 Å². The molecule has 0 aliphatic heterocycles. The van der Waals surface area contributed by atoms with E-state index in [2.05, 4.69) is 10.1 Å². The lowest BCUT2D eigenvalue weighted by Gasteiger charge is -2.17. The molecule has 1 unspecified atom stereocenters. The van der Waals surface area contributed by atoms with Gasteiger partial charge in [0.15, 0.2) is 0 Å². The van der Waals surface area contributed by atoms with E-state index in [0.717, 1.165) is 0 Å². The number of sulfonamides is 1. The summed E-state index contributed by atoms with van der Waals surface area (Å²) in [4.78, 5) is 0.00990. The van der Waals surface area contributed by atoms with E-state index >= 15 is 0 Å². The SMILES string of the molecule is CC(NS(=O)(=O)c1ccccc1NN)c1ccccc1F. The van der Waals surface area contributed by atoms with Crippen LogP contribution in [-0.4, -0.2) is 8.42 Å². The molecule has 5 nitrogen and oxygen atoms in total. The van der Waals surface area contributed by atoms with Gasteiger partial charge in [-0.25, -0.2) is 17.5 Å². The second-order valence-corrected chi connectivity index (χ2v) is 6.19. The normalized spacial score (nSPS) is 12.9. The van der Waals surface area contributed by atoms with E-state index in [0.29, 0.717) is 0 Å². The molecule has 2 aromatic rings. The van der Waals surface area contributed by atoms with Gasteiger partial charge in [0.05, 0.1) is 5.69 Å². The summed E-state index contributed by atoms with van der Waals surface area (Å²) in [7, 11) is -3.83. The van der Waals surface area contributed by atoms with Crippen LogP contribution in [0.2, 0.25) is 0 Å². The average Bonchev–Trinajstić information content (AvgIpc) is 2.47. The Morgan fingerprint density at radius 3 is 2.38 bits per heavy atom. The molecule has 0 fully saturated rings. The summed E-state index contributed by atoms with van der Waals surface area (Å²) in [6.45, 7) is 1.58. The maximum Gasteiger partial charge on any atom is 0.243 e. The van der Waals surface area contributed by atoms with Crippen molar-refractivity contribution in [2.75, 3.05) is 5.43 Å². The molecule has 2 rings (SSSR count). The number of rotatable bonds is 5. The van der Waals surface area contributed by atoms with Crippen molar-refractivity contribution < 1.29 is 12.8 Å². The molecule has 0 radical (unpaired) electrons. The summed E-state index contributed by atoms with van der Waals surface area (Å²) in [6, 6.07) is 11.5. The molecule has 0 aliphatic carbocycles. The molecular formula is C14H16FN3O2S. The number of anilines is 1. The molecule has 21 heavy (non-hydrogen) atoms. The Balaban J connectivity index is 2.32. The van der Waals surface area contributed by atoms with Crippen LogP contribution in [0.15, 0.2) is 53.4 Å². The van der Waals surface area contributed by atoms with Crippen LogP contribution in [0, 0.1) is 5.82 Å². The third kappa shape index (κ3) is 3.38. The van der Waals surface area contributed by atoms with E-state index in [9.17, 15) is 12.8 Å². The van der Waals surface area contributed by atoms with Crippen LogP contribution in [0.1, 0.15) is 18.5 Å². The summed E-state index contributed by atoms with van der Waals surface area (Å²) in [6.07, 6.45) is 0. The largest absolute Gasteiger partial charge is 0.323 e. The van der Waals surface area contributed by atoms with Crippen LogP contribution in [0.3, 0.4) is 0 Å². The Kier molecular flexibility index (Phi) is 4.56. The predicted molar refractivity (Wildman–Crippen MR) is 79.4 cm³/mol. The fourth-order valence-electron chi connectivity index (χ4n) is 2.01. The van der Waals surface area contributed by atoms with Crippen molar-refractivity contribution >= 4 is 15.7 Å². The van der Waals surface area contributed by atoms with Gasteiger partial charge in [0, 0.05) is 11.6 Å². The molecular weight excluding hydrogens is 293 g/mol. The molecule has 0 bridgehead atoms. The average molecular weight is 309 g/mol. The van der Waals surface area contributed by atoms with Crippen molar-refractivity contribution in [1.29, 1.82) is 0 Å². The van der Waals surface area contributed by atoms with Gasteiger partial charge < -0.3 is 5.43 Å². The lowest BCUT2D eigenvalue weighted by Crippen LogP contribution is -2.28. The van der Waals surface area contributed by atoms with E-state index in [1.165, 1.54) is 18.2 Å². The molecule has 0 aromatic heterocycles. The standard InChI is InChI=1S/C14H16FN3O2S/c1-10(11-6-2-3-7-12(11)15)18-21(19,20)14-9-5-4-8-13(14)17-16/h2-10,17-18H,16H2,1H3. The van der Waals surface area contributed by atoms with E-state index in [4.69, 9.17) is 5.84 Å². The quantitative estimate of drug-likeness (QED) is 0.583. The van der Waals surface area contributed by atoms with Crippen molar-refractivity contribution in [2.24, 2.45) is 5.84 Å². The highest BCUT2D eigenvalue weighted by atomic mass is 32.2. The molecule has 4 N–H and O–H groups in total. The van der Waals surface area contributed by atoms with Gasteiger partial charge in [0.1, 0.15) is 10.7 Å². The van der Waals surface area contributed by atoms with Crippen molar-refractivity contribution in [3.63, 3.8) is 0 Å². The van der Waals surface area contributed by atoms with E-state index in [1.54, 1.807) is 37.3 Å². The van der Waals surface area contributed by atoms with Crippen LogP contribution in [0.5, 0.6) is 0 Å². The fraction of sp³-hybridized carbons (Fsp3) is 0.143. The lowest BCUT2D eigenvalue weighted by atomic mass is 10.1. The third-order valence-electron chi connectivity index (χ3n) is 3.04. The molecule has 2 aromatic carbocycles. The van der Waals surface area contributed by atoms with Gasteiger partial charge in [0.25, 0.3) is 0 Å². The smallest absolute Gasteiger partial charge is 0.243 e. The van der Waals surface area contributed by atoms with Gasteiger partial charge in [-0.3, -0.25) is 5.84 Å². The monoisotopic (exact) mass is 309 g/mol. The molecule has 0 spiro atoms. The van der Waals surface area contributed by atoms with Gasteiger partial charge in [-0.15, -0.1) is 0 Å². The molecule has 0 aliphatic rings. The van der Waals surface area contributed by atoms with Crippen molar-refractivity contribution in [3.05, 3.63) is 59.9 Å². The van der Waals surface area contributed by atoms with Crippen LogP contribution < -0.4 is 16.0 Å². The first kappa shape index (κ1) is 15.4. The minimum absolute atomic E-state index is 0.00990. The molecule has 7 heteroatoms. The van der Waals surface area contributed by atoms with Crippen molar-refractivity contribution in [3.8, 4) is 0 Å². The van der Waals surface area contributed by atoms with E-state index in [-0.39, 0.29) is 16.1 Å². The second kappa shape index (κ2) is 6.21. The Hall–Kier alpha value is -1.96. The summed E-state index contributed by atoms with van der Waals surface area (Å²) < 4.78 is 40.9. The van der Waals surface area contributed by atoms with Crippen molar-refractivity contribution in [2.45, 2.75) is 17.9 Å². The van der Waals surface area contributed by atoms with Gasteiger partial charge in [-0.2, -0.15) is 0 Å². The highest BCUT2D eigenvalue weighted by molar-refractivity contribution is 7.89. The first-order valence-electron chi connectivity index (χ1n) is 6.28. The zero-order chi connectivity index (χ0) is 15.5. The number of hydrogen-bond acceptors (Lipinski definition) is 4. The Morgan fingerprint density at radius 2 is 1.71 bits per heavy atom. The zero-order valence-electron chi connectivity index (χ0n) is 11.4. The molecule has 0 saturated carbocycles. The highest BCUT2D eigenvalue weighted by Crippen LogP contribution is 2.23. The summed E-state index contributed by atoms with van der Waals surface area (Å²) in [5.41, 5.74) is 2.88. The topological polar surface area (TPSA) is 84.2 Å². The predicted octanol–water partition coefficient (Wildman–Crippen LogP) is 2.15. The first-order valence-corrected chi connectivity index (χ1v) is 7.76. The minimum atomic E-state index is -3.83. The van der Waals surface area contributed by atoms with Crippen LogP contribution >= 0.6 is 0 Å². The molecule has 0 saturated heterocycles. The van der Waals surface area contributed by atoms with Crippen molar-refractivity contribution in [1.82, 2.24) is 4.72 Å². The first-order chi connectivity index (χ1) is 9.95. The Labute approximate surface area is 123 Å². The lowest BCUT2D eigenvalue weighted by molar-refractivity contribution is 0.550. The number of hydrogen-bond donors (Lipinski definition) is 3. The Bertz CT molecular complexity index is 735. The van der Waals surface area contributed by atoms with E-state index in [1.807, 2.05) is 0 Å². The Morgan fingerprint density at radius 1 is 1.10 bits per heavy atom. The number of nitrogens with one attached hydrogen (secondary N) is 2. The number of hydrazine groups is 1. The minimum Gasteiger partial charge on any atom is -0.323 e. The summed E-state index contributed by atoms with van der Waals surface area (Å²) >= 11 is 0. The molecule has 1 atom stereocenters. The van der Waals surface area contributed by atoms with Gasteiger partial charge in [-0.05, 0) is 25.1 Å². The number of nitrogen functional groups attached to an aromatic ring is 1. The number of benzene rings is 2. The third-order valence-corrected chi connectivity index (χ3v) is 4.63. The molecule has 0 amide bonds. The number of nitrogens with two attached hydrogens (primary N) is 1. The van der Waals surface area contributed by atoms with Crippen LogP contribution in [0.4, 0.5) is 10.1 Å². The maximum absolute atomic E-state index is 13.7. The van der Waals surface area contributed by atoms with Crippen LogP contribution in [-0.2, 0) is 10.0 Å². The highest BCUT2D eigenvalue weighted by Gasteiger charge is 2.22. The summed E-state index contributed by atoms with van der Waals surface area (Å²) in [5, 5.41) is 0. The fourth-order valence-corrected chi connectivity index (χ4v) is 3.40. The van der Waals surface area contributed by atoms with Gasteiger partial charge in [-0.1, -0.05) is 30.3 Å².